The summed E-state index contributed by atoms with van der Waals surface area (Å²) in [7, 11) is 1.64. The van der Waals surface area contributed by atoms with Crippen LogP contribution in [0.5, 0.6) is 5.75 Å². The predicted octanol–water partition coefficient (Wildman–Crippen LogP) is 4.23. The second-order valence-corrected chi connectivity index (χ2v) is 7.29. The second-order valence-electron chi connectivity index (χ2n) is 5.62. The smallest absolute Gasteiger partial charge is 0.266 e. The normalized spacial score (nSPS) is 21.7. The van der Waals surface area contributed by atoms with Crippen LogP contribution >= 0.6 is 24.0 Å². The Morgan fingerprint density at radius 2 is 1.91 bits per heavy atom. The average molecular weight is 333 g/mol. The molecule has 1 aliphatic heterocycles. The lowest BCUT2D eigenvalue weighted by Crippen LogP contribution is -2.39. The van der Waals surface area contributed by atoms with Crippen LogP contribution in [0, 0.1) is 0 Å². The minimum absolute atomic E-state index is 0.0673. The van der Waals surface area contributed by atoms with E-state index in [1.165, 1.54) is 31.0 Å². The van der Waals surface area contributed by atoms with Gasteiger partial charge in [0.2, 0.25) is 0 Å². The number of carbonyl (C=O) groups excluding carboxylic acids is 1. The fraction of sp³-hybridized carbons (Fsp3) is 0.412. The Morgan fingerprint density at radius 3 is 2.55 bits per heavy atom. The molecule has 116 valence electrons. The molecule has 1 heterocycles. The first kappa shape index (κ1) is 15.6. The fourth-order valence-corrected chi connectivity index (χ4v) is 4.39. The van der Waals surface area contributed by atoms with Crippen molar-refractivity contribution in [2.24, 2.45) is 0 Å². The summed E-state index contributed by atoms with van der Waals surface area (Å²) in [4.78, 5) is 15.2. The van der Waals surface area contributed by atoms with E-state index in [-0.39, 0.29) is 5.91 Å². The summed E-state index contributed by atoms with van der Waals surface area (Å²) in [6.45, 7) is 0. The number of amides is 1. The van der Waals surface area contributed by atoms with Crippen molar-refractivity contribution in [2.75, 3.05) is 7.11 Å². The van der Waals surface area contributed by atoms with Crippen LogP contribution in [0.2, 0.25) is 0 Å². The highest BCUT2D eigenvalue weighted by Gasteiger charge is 2.37. The Labute approximate surface area is 140 Å². The third kappa shape index (κ3) is 3.20. The van der Waals surface area contributed by atoms with E-state index in [1.807, 2.05) is 35.2 Å². The molecule has 1 aromatic rings. The summed E-state index contributed by atoms with van der Waals surface area (Å²) in [5, 5.41) is 0. The third-order valence-electron chi connectivity index (χ3n) is 4.18. The first-order valence-corrected chi connectivity index (χ1v) is 8.82. The number of carbonyl (C=O) groups is 1. The van der Waals surface area contributed by atoms with Gasteiger partial charge in [-0.1, -0.05) is 55.4 Å². The number of benzene rings is 1. The average Bonchev–Trinajstić information content (AvgIpc) is 2.83. The van der Waals surface area contributed by atoms with Crippen LogP contribution in [0.15, 0.2) is 29.2 Å². The molecule has 3 rings (SSSR count). The summed E-state index contributed by atoms with van der Waals surface area (Å²) < 4.78 is 5.86. The first-order valence-electron chi connectivity index (χ1n) is 7.60. The number of ether oxygens (including phenoxy) is 1. The van der Waals surface area contributed by atoms with Gasteiger partial charge < -0.3 is 4.74 Å². The maximum absolute atomic E-state index is 12.7. The van der Waals surface area contributed by atoms with E-state index in [9.17, 15) is 4.79 Å². The van der Waals surface area contributed by atoms with Crippen molar-refractivity contribution in [1.29, 1.82) is 0 Å². The molecule has 22 heavy (non-hydrogen) atoms. The van der Waals surface area contributed by atoms with Gasteiger partial charge in [-0.05, 0) is 36.6 Å². The molecule has 0 aromatic heterocycles. The molecule has 0 atom stereocenters. The highest BCUT2D eigenvalue weighted by Crippen LogP contribution is 2.37. The van der Waals surface area contributed by atoms with Gasteiger partial charge in [-0.2, -0.15) is 0 Å². The molecule has 0 bridgehead atoms. The monoisotopic (exact) mass is 333 g/mol. The largest absolute Gasteiger partial charge is 0.497 e. The Morgan fingerprint density at radius 1 is 1.23 bits per heavy atom. The number of thiocarbonyl (C=S) groups is 1. The van der Waals surface area contributed by atoms with Gasteiger partial charge in [-0.15, -0.1) is 0 Å². The summed E-state index contributed by atoms with van der Waals surface area (Å²) in [5.74, 6) is 0.879. The predicted molar refractivity (Wildman–Crippen MR) is 94.9 cm³/mol. The maximum atomic E-state index is 12.7. The van der Waals surface area contributed by atoms with Crippen molar-refractivity contribution >= 4 is 40.3 Å². The SMILES string of the molecule is COc1ccc(/C=C2/SC(=S)N(C3CCCCC3)C2=O)cc1. The first-order chi connectivity index (χ1) is 10.7. The van der Waals surface area contributed by atoms with Crippen molar-refractivity contribution in [3.05, 3.63) is 34.7 Å². The van der Waals surface area contributed by atoms with E-state index in [0.717, 1.165) is 29.1 Å². The summed E-state index contributed by atoms with van der Waals surface area (Å²) >= 11 is 6.86. The van der Waals surface area contributed by atoms with Crippen LogP contribution in [0.1, 0.15) is 37.7 Å². The van der Waals surface area contributed by atoms with Crippen LogP contribution in [0.3, 0.4) is 0 Å². The third-order valence-corrected chi connectivity index (χ3v) is 5.51. The number of methoxy groups -OCH3 is 1. The molecule has 1 aromatic carbocycles. The van der Waals surface area contributed by atoms with Crippen LogP contribution in [-0.4, -0.2) is 28.3 Å². The molecule has 1 saturated carbocycles. The van der Waals surface area contributed by atoms with Crippen molar-refractivity contribution in [3.8, 4) is 5.75 Å². The molecule has 1 saturated heterocycles. The van der Waals surface area contributed by atoms with Crippen LogP contribution in [0.25, 0.3) is 6.08 Å². The molecule has 5 heteroatoms. The Balaban J connectivity index is 1.78. The van der Waals surface area contributed by atoms with Gasteiger partial charge in [0.15, 0.2) is 0 Å². The highest BCUT2D eigenvalue weighted by molar-refractivity contribution is 8.26. The number of nitrogens with zero attached hydrogens (tertiary/aromatic N) is 1. The lowest BCUT2D eigenvalue weighted by atomic mass is 9.94. The summed E-state index contributed by atoms with van der Waals surface area (Å²) in [6, 6.07) is 7.99. The van der Waals surface area contributed by atoms with Crippen LogP contribution < -0.4 is 4.74 Å². The quantitative estimate of drug-likeness (QED) is 0.611. The molecule has 0 radical (unpaired) electrons. The van der Waals surface area contributed by atoms with Gasteiger partial charge in [-0.25, -0.2) is 0 Å². The molecule has 0 unspecified atom stereocenters. The Hall–Kier alpha value is -1.33. The standard InChI is InChI=1S/C17H19NO2S2/c1-20-14-9-7-12(8-10-14)11-15-16(19)18(17(21)22-15)13-5-3-2-4-6-13/h7-11,13H,2-6H2,1H3/b15-11+. The Bertz CT molecular complexity index is 604. The number of thioether (sulfide) groups is 1. The number of rotatable bonds is 3. The van der Waals surface area contributed by atoms with Gasteiger partial charge in [0, 0.05) is 6.04 Å². The van der Waals surface area contributed by atoms with Crippen molar-refractivity contribution in [3.63, 3.8) is 0 Å². The molecular formula is C17H19NO2S2. The molecular weight excluding hydrogens is 314 g/mol. The van der Waals surface area contributed by atoms with E-state index >= 15 is 0 Å². The minimum atomic E-state index is 0.0673. The molecule has 0 N–H and O–H groups in total. The van der Waals surface area contributed by atoms with E-state index in [4.69, 9.17) is 17.0 Å². The van der Waals surface area contributed by atoms with E-state index in [2.05, 4.69) is 0 Å². The van der Waals surface area contributed by atoms with E-state index < -0.39 is 0 Å². The topological polar surface area (TPSA) is 29.5 Å². The van der Waals surface area contributed by atoms with E-state index in [0.29, 0.717) is 10.4 Å². The molecule has 2 aliphatic rings. The maximum Gasteiger partial charge on any atom is 0.266 e. The molecule has 3 nitrogen and oxygen atoms in total. The fourth-order valence-electron chi connectivity index (χ4n) is 2.99. The summed E-state index contributed by atoms with van der Waals surface area (Å²) in [6.07, 6.45) is 7.72. The van der Waals surface area contributed by atoms with Gasteiger partial charge in [0.25, 0.3) is 5.91 Å². The van der Waals surface area contributed by atoms with Gasteiger partial charge in [-0.3, -0.25) is 9.69 Å². The molecule has 0 spiro atoms. The zero-order chi connectivity index (χ0) is 15.5. The van der Waals surface area contributed by atoms with Gasteiger partial charge in [0.05, 0.1) is 12.0 Å². The minimum Gasteiger partial charge on any atom is -0.497 e. The zero-order valence-electron chi connectivity index (χ0n) is 12.6. The Kier molecular flexibility index (Phi) is 4.84. The lowest BCUT2D eigenvalue weighted by molar-refractivity contribution is -0.124. The van der Waals surface area contributed by atoms with Crippen LogP contribution in [0.4, 0.5) is 0 Å². The van der Waals surface area contributed by atoms with Crippen molar-refractivity contribution in [1.82, 2.24) is 4.90 Å². The molecule has 1 amide bonds. The van der Waals surface area contributed by atoms with Crippen molar-refractivity contribution in [2.45, 2.75) is 38.1 Å². The molecule has 2 fully saturated rings. The van der Waals surface area contributed by atoms with E-state index in [1.54, 1.807) is 7.11 Å². The van der Waals surface area contributed by atoms with Crippen molar-refractivity contribution < 1.29 is 9.53 Å². The van der Waals surface area contributed by atoms with Gasteiger partial charge in [0.1, 0.15) is 10.1 Å². The highest BCUT2D eigenvalue weighted by atomic mass is 32.2. The van der Waals surface area contributed by atoms with Gasteiger partial charge >= 0.3 is 0 Å². The second kappa shape index (κ2) is 6.84. The number of hydrogen-bond donors (Lipinski definition) is 0. The summed E-state index contributed by atoms with van der Waals surface area (Å²) in [5.41, 5.74) is 0.991. The van der Waals surface area contributed by atoms with Crippen LogP contribution in [-0.2, 0) is 4.79 Å². The molecule has 1 aliphatic carbocycles. The number of hydrogen-bond acceptors (Lipinski definition) is 4. The lowest BCUT2D eigenvalue weighted by Gasteiger charge is -2.29. The zero-order valence-corrected chi connectivity index (χ0v) is 14.2.